The summed E-state index contributed by atoms with van der Waals surface area (Å²) in [6, 6.07) is 20.9. The standard InChI is InChI=1S/C22H19N5O3/c28-22(20-11-21(30-24-20)16-7-3-1-4-8-16)26-13-18(14-26)27-12-17(23-25-27)15-29-19-9-5-2-6-10-19/h1-12,18H,13-15H2. The topological polar surface area (TPSA) is 86.3 Å². The molecule has 5 rings (SSSR count). The van der Waals surface area contributed by atoms with Gasteiger partial charge in [-0.05, 0) is 12.1 Å². The first kappa shape index (κ1) is 18.1. The van der Waals surface area contributed by atoms with E-state index in [4.69, 9.17) is 9.26 Å². The van der Waals surface area contributed by atoms with E-state index in [0.717, 1.165) is 17.0 Å². The Balaban J connectivity index is 1.16. The molecule has 0 bridgehead atoms. The number of nitrogens with zero attached hydrogens (tertiary/aromatic N) is 5. The maximum atomic E-state index is 12.7. The van der Waals surface area contributed by atoms with Crippen molar-refractivity contribution in [2.75, 3.05) is 13.1 Å². The first-order valence-corrected chi connectivity index (χ1v) is 9.66. The van der Waals surface area contributed by atoms with Crippen LogP contribution in [0, 0.1) is 0 Å². The van der Waals surface area contributed by atoms with Crippen LogP contribution in [0.1, 0.15) is 22.2 Å². The van der Waals surface area contributed by atoms with Gasteiger partial charge >= 0.3 is 0 Å². The minimum atomic E-state index is -0.148. The molecule has 1 aliphatic heterocycles. The van der Waals surface area contributed by atoms with Crippen LogP contribution in [0.3, 0.4) is 0 Å². The molecule has 1 fully saturated rings. The highest BCUT2D eigenvalue weighted by Crippen LogP contribution is 2.25. The molecular weight excluding hydrogens is 382 g/mol. The van der Waals surface area contributed by atoms with E-state index in [1.165, 1.54) is 0 Å². The van der Waals surface area contributed by atoms with Crippen LogP contribution in [0.15, 0.2) is 77.4 Å². The molecule has 30 heavy (non-hydrogen) atoms. The number of carbonyl (C=O) groups is 1. The molecule has 150 valence electrons. The Kier molecular flexibility index (Phi) is 4.72. The van der Waals surface area contributed by atoms with E-state index in [1.807, 2.05) is 66.9 Å². The molecule has 1 saturated heterocycles. The lowest BCUT2D eigenvalue weighted by molar-refractivity contribution is 0.0488. The second-order valence-electron chi connectivity index (χ2n) is 7.10. The average Bonchev–Trinajstić information content (AvgIpc) is 3.43. The Morgan fingerprint density at radius 2 is 1.80 bits per heavy atom. The fourth-order valence-corrected chi connectivity index (χ4v) is 3.30. The lowest BCUT2D eigenvalue weighted by atomic mass is 10.1. The SMILES string of the molecule is O=C(c1cc(-c2ccccc2)on1)N1CC(n2cc(COc3ccccc3)nn2)C1. The summed E-state index contributed by atoms with van der Waals surface area (Å²) >= 11 is 0. The van der Waals surface area contributed by atoms with Gasteiger partial charge in [-0.3, -0.25) is 4.79 Å². The van der Waals surface area contributed by atoms with Crippen LogP contribution in [-0.2, 0) is 6.61 Å². The van der Waals surface area contributed by atoms with Crippen LogP contribution < -0.4 is 4.74 Å². The van der Waals surface area contributed by atoms with Crippen molar-refractivity contribution in [1.82, 2.24) is 25.1 Å². The fraction of sp³-hybridized carbons (Fsp3) is 0.182. The molecule has 0 saturated carbocycles. The van der Waals surface area contributed by atoms with Gasteiger partial charge in [-0.25, -0.2) is 4.68 Å². The maximum Gasteiger partial charge on any atom is 0.276 e. The van der Waals surface area contributed by atoms with Gasteiger partial charge in [0, 0.05) is 24.7 Å². The van der Waals surface area contributed by atoms with Crippen LogP contribution in [0.4, 0.5) is 0 Å². The number of rotatable bonds is 6. The van der Waals surface area contributed by atoms with Crippen LogP contribution in [-0.4, -0.2) is 44.0 Å². The number of hydrogen-bond donors (Lipinski definition) is 0. The first-order chi connectivity index (χ1) is 14.8. The number of hydrogen-bond acceptors (Lipinski definition) is 6. The van der Waals surface area contributed by atoms with Crippen molar-refractivity contribution in [1.29, 1.82) is 0 Å². The van der Waals surface area contributed by atoms with Gasteiger partial charge in [0.1, 0.15) is 18.1 Å². The van der Waals surface area contributed by atoms with Crippen molar-refractivity contribution in [2.24, 2.45) is 0 Å². The Labute approximate surface area is 172 Å². The molecule has 0 radical (unpaired) electrons. The first-order valence-electron chi connectivity index (χ1n) is 9.66. The molecular formula is C22H19N5O3. The number of aromatic nitrogens is 4. The summed E-state index contributed by atoms with van der Waals surface area (Å²) in [6.45, 7) is 1.45. The van der Waals surface area contributed by atoms with Gasteiger partial charge in [-0.15, -0.1) is 5.10 Å². The van der Waals surface area contributed by atoms with E-state index in [2.05, 4.69) is 15.5 Å². The van der Waals surface area contributed by atoms with Crippen LogP contribution in [0.25, 0.3) is 11.3 Å². The van der Waals surface area contributed by atoms with E-state index < -0.39 is 0 Å². The zero-order valence-electron chi connectivity index (χ0n) is 16.1. The van der Waals surface area contributed by atoms with E-state index in [0.29, 0.717) is 31.2 Å². The molecule has 1 amide bonds. The third-order valence-electron chi connectivity index (χ3n) is 5.00. The van der Waals surface area contributed by atoms with E-state index in [9.17, 15) is 4.79 Å². The number of para-hydroxylation sites is 1. The summed E-state index contributed by atoms with van der Waals surface area (Å²) in [5.74, 6) is 1.22. The Bertz CT molecular complexity index is 1130. The van der Waals surface area contributed by atoms with Gasteiger partial charge in [0.15, 0.2) is 11.5 Å². The molecule has 4 aromatic rings. The second kappa shape index (κ2) is 7.82. The predicted octanol–water partition coefficient (Wildman–Crippen LogP) is 3.21. The highest BCUT2D eigenvalue weighted by molar-refractivity contribution is 5.93. The van der Waals surface area contributed by atoms with Gasteiger partial charge in [0.25, 0.3) is 5.91 Å². The molecule has 1 aliphatic rings. The quantitative estimate of drug-likeness (QED) is 0.493. The highest BCUT2D eigenvalue weighted by Gasteiger charge is 2.34. The Morgan fingerprint density at radius 3 is 2.57 bits per heavy atom. The monoisotopic (exact) mass is 401 g/mol. The van der Waals surface area contributed by atoms with Crippen molar-refractivity contribution >= 4 is 5.91 Å². The predicted molar refractivity (Wildman–Crippen MR) is 108 cm³/mol. The zero-order chi connectivity index (χ0) is 20.3. The second-order valence-corrected chi connectivity index (χ2v) is 7.10. The largest absolute Gasteiger partial charge is 0.487 e. The molecule has 0 atom stereocenters. The van der Waals surface area contributed by atoms with Crippen molar-refractivity contribution in [3.8, 4) is 17.1 Å². The third kappa shape index (κ3) is 3.67. The summed E-state index contributed by atoms with van der Waals surface area (Å²) < 4.78 is 12.8. The molecule has 8 nitrogen and oxygen atoms in total. The van der Waals surface area contributed by atoms with Crippen LogP contribution in [0.5, 0.6) is 5.75 Å². The van der Waals surface area contributed by atoms with Gasteiger partial charge < -0.3 is 14.2 Å². The summed E-state index contributed by atoms with van der Waals surface area (Å²) in [7, 11) is 0. The van der Waals surface area contributed by atoms with Gasteiger partial charge in [0.2, 0.25) is 0 Å². The Hall–Kier alpha value is -3.94. The summed E-state index contributed by atoms with van der Waals surface area (Å²) in [4.78, 5) is 14.4. The normalized spacial score (nSPS) is 13.8. The molecule has 2 aromatic carbocycles. The number of benzene rings is 2. The van der Waals surface area contributed by atoms with Crippen molar-refractivity contribution in [3.63, 3.8) is 0 Å². The molecule has 0 aliphatic carbocycles. The molecule has 0 unspecified atom stereocenters. The minimum Gasteiger partial charge on any atom is -0.487 e. The number of amides is 1. The van der Waals surface area contributed by atoms with Crippen molar-refractivity contribution in [2.45, 2.75) is 12.6 Å². The van der Waals surface area contributed by atoms with E-state index in [-0.39, 0.29) is 11.9 Å². The molecule has 0 N–H and O–H groups in total. The summed E-state index contributed by atoms with van der Waals surface area (Å²) in [6.07, 6.45) is 1.86. The molecule has 8 heteroatoms. The van der Waals surface area contributed by atoms with E-state index >= 15 is 0 Å². The lowest BCUT2D eigenvalue weighted by Crippen LogP contribution is -2.51. The molecule has 0 spiro atoms. The highest BCUT2D eigenvalue weighted by atomic mass is 16.5. The smallest absolute Gasteiger partial charge is 0.276 e. The van der Waals surface area contributed by atoms with Gasteiger partial charge in [0.05, 0.1) is 12.2 Å². The zero-order valence-corrected chi connectivity index (χ0v) is 16.1. The van der Waals surface area contributed by atoms with Crippen LogP contribution >= 0.6 is 0 Å². The maximum absolute atomic E-state index is 12.7. The van der Waals surface area contributed by atoms with Crippen molar-refractivity contribution < 1.29 is 14.1 Å². The minimum absolute atomic E-state index is 0.0902. The van der Waals surface area contributed by atoms with Crippen molar-refractivity contribution in [3.05, 3.63) is 84.3 Å². The summed E-state index contributed by atoms with van der Waals surface area (Å²) in [5, 5.41) is 12.3. The molecule has 2 aromatic heterocycles. The summed E-state index contributed by atoms with van der Waals surface area (Å²) in [5.41, 5.74) is 1.94. The number of likely N-dealkylation sites (tertiary alicyclic amines) is 1. The average molecular weight is 401 g/mol. The fourth-order valence-electron chi connectivity index (χ4n) is 3.30. The van der Waals surface area contributed by atoms with E-state index in [1.54, 1.807) is 15.6 Å². The Morgan fingerprint density at radius 1 is 1.07 bits per heavy atom. The van der Waals surface area contributed by atoms with Gasteiger partial charge in [-0.1, -0.05) is 58.9 Å². The van der Waals surface area contributed by atoms with Crippen LogP contribution in [0.2, 0.25) is 0 Å². The molecule has 3 heterocycles. The third-order valence-corrected chi connectivity index (χ3v) is 5.00. The lowest BCUT2D eigenvalue weighted by Gasteiger charge is -2.38. The van der Waals surface area contributed by atoms with Gasteiger partial charge in [-0.2, -0.15) is 0 Å². The number of carbonyl (C=O) groups excluding carboxylic acids is 1. The number of ether oxygens (including phenoxy) is 1.